The van der Waals surface area contributed by atoms with E-state index in [1.807, 2.05) is 0 Å². The maximum absolute atomic E-state index is 5.53. The van der Waals surface area contributed by atoms with Gasteiger partial charge in [0.1, 0.15) is 0 Å². The molecule has 0 aromatic heterocycles. The molecular formula is C21H46O4. The highest BCUT2D eigenvalue weighted by Gasteiger charge is 2.01. The molecule has 0 radical (unpaired) electrons. The number of hydrogen-bond acceptors (Lipinski definition) is 4. The highest BCUT2D eigenvalue weighted by molar-refractivity contribution is 4.48. The van der Waals surface area contributed by atoms with E-state index in [0.717, 1.165) is 58.5 Å². The second-order valence-corrected chi connectivity index (χ2v) is 6.71. The van der Waals surface area contributed by atoms with E-state index < -0.39 is 0 Å². The third-order valence-electron chi connectivity index (χ3n) is 4.28. The summed E-state index contributed by atoms with van der Waals surface area (Å²) in [6.07, 6.45) is 6.85. The van der Waals surface area contributed by atoms with Gasteiger partial charge < -0.3 is 18.9 Å². The Bertz CT molecular complexity index is 224. The van der Waals surface area contributed by atoms with Crippen molar-refractivity contribution < 1.29 is 18.9 Å². The van der Waals surface area contributed by atoms with Crippen LogP contribution in [0.15, 0.2) is 0 Å². The van der Waals surface area contributed by atoms with Crippen LogP contribution in [0.3, 0.4) is 0 Å². The summed E-state index contributed by atoms with van der Waals surface area (Å²) in [4.78, 5) is 0. The Morgan fingerprint density at radius 3 is 0.920 bits per heavy atom. The van der Waals surface area contributed by atoms with E-state index >= 15 is 0 Å². The normalized spacial score (nSPS) is 15.8. The molecule has 0 amide bonds. The summed E-state index contributed by atoms with van der Waals surface area (Å²) in [5.41, 5.74) is 0. The van der Waals surface area contributed by atoms with E-state index in [-0.39, 0.29) is 0 Å². The van der Waals surface area contributed by atoms with Crippen molar-refractivity contribution in [1.82, 2.24) is 0 Å². The molecule has 4 nitrogen and oxygen atoms in total. The van der Waals surface area contributed by atoms with Crippen molar-refractivity contribution in [2.24, 2.45) is 0 Å². The van der Waals surface area contributed by atoms with Gasteiger partial charge in [-0.3, -0.25) is 0 Å². The van der Waals surface area contributed by atoms with Gasteiger partial charge in [0, 0.05) is 13.2 Å². The predicted molar refractivity (Wildman–Crippen MR) is 107 cm³/mol. The minimum Gasteiger partial charge on any atom is -0.378 e. The lowest BCUT2D eigenvalue weighted by atomic mass is 10.3. The van der Waals surface area contributed by atoms with Crippen LogP contribution >= 0.6 is 0 Å². The molecule has 0 aromatic rings. The van der Waals surface area contributed by atoms with Gasteiger partial charge in [0.15, 0.2) is 0 Å². The summed E-state index contributed by atoms with van der Waals surface area (Å²) in [5.74, 6) is 0. The van der Waals surface area contributed by atoms with E-state index in [2.05, 4.69) is 55.4 Å². The van der Waals surface area contributed by atoms with Crippen molar-refractivity contribution in [3.8, 4) is 0 Å². The first kappa shape index (κ1) is 27.1. The van der Waals surface area contributed by atoms with Gasteiger partial charge in [-0.25, -0.2) is 0 Å². The van der Waals surface area contributed by atoms with Gasteiger partial charge >= 0.3 is 0 Å². The summed E-state index contributed by atoms with van der Waals surface area (Å²) >= 11 is 0. The molecule has 0 bridgehead atoms. The van der Waals surface area contributed by atoms with Crippen molar-refractivity contribution in [2.75, 3.05) is 26.4 Å². The average Bonchev–Trinajstić information content (AvgIpc) is 2.64. The van der Waals surface area contributed by atoms with Crippen LogP contribution in [0.4, 0.5) is 0 Å². The zero-order valence-corrected chi connectivity index (χ0v) is 18.3. The Morgan fingerprint density at radius 1 is 0.440 bits per heavy atom. The molecule has 0 saturated heterocycles. The van der Waals surface area contributed by atoms with Gasteiger partial charge in [0.05, 0.1) is 37.6 Å². The molecule has 0 aliphatic carbocycles. The maximum atomic E-state index is 5.53. The number of hydrogen-bond donors (Lipinski definition) is 0. The highest BCUT2D eigenvalue weighted by Crippen LogP contribution is 2.00. The van der Waals surface area contributed by atoms with Crippen LogP contribution in [-0.4, -0.2) is 50.8 Å². The second-order valence-electron chi connectivity index (χ2n) is 6.71. The van der Waals surface area contributed by atoms with Crippen molar-refractivity contribution in [3.63, 3.8) is 0 Å². The fourth-order valence-corrected chi connectivity index (χ4v) is 1.60. The van der Waals surface area contributed by atoms with Gasteiger partial charge in [-0.2, -0.15) is 0 Å². The molecule has 0 saturated carbocycles. The van der Waals surface area contributed by atoms with Gasteiger partial charge in [0.2, 0.25) is 0 Å². The van der Waals surface area contributed by atoms with Crippen LogP contribution < -0.4 is 0 Å². The lowest BCUT2D eigenvalue weighted by Gasteiger charge is -2.13. The predicted octanol–water partition coefficient (Wildman–Crippen LogP) is 5.62. The summed E-state index contributed by atoms with van der Waals surface area (Å²) in [5, 5.41) is 0. The van der Waals surface area contributed by atoms with Crippen molar-refractivity contribution in [2.45, 2.75) is 112 Å². The van der Waals surface area contributed by atoms with Crippen molar-refractivity contribution >= 4 is 0 Å². The highest BCUT2D eigenvalue weighted by atomic mass is 16.5. The summed E-state index contributed by atoms with van der Waals surface area (Å²) in [6, 6.07) is 0. The van der Waals surface area contributed by atoms with E-state index in [4.69, 9.17) is 18.9 Å². The van der Waals surface area contributed by atoms with Gasteiger partial charge in [0.25, 0.3) is 0 Å². The Balaban J connectivity index is 0. The fourth-order valence-electron chi connectivity index (χ4n) is 1.60. The molecular weight excluding hydrogens is 316 g/mol. The third kappa shape index (κ3) is 21.8. The van der Waals surface area contributed by atoms with Crippen LogP contribution in [0.25, 0.3) is 0 Å². The molecule has 0 aliphatic rings. The average molecular weight is 363 g/mol. The lowest BCUT2D eigenvalue weighted by molar-refractivity contribution is -0.0132. The van der Waals surface area contributed by atoms with E-state index in [1.54, 1.807) is 0 Å². The van der Waals surface area contributed by atoms with Gasteiger partial charge in [-0.05, 0) is 59.8 Å². The van der Waals surface area contributed by atoms with Gasteiger partial charge in [-0.15, -0.1) is 0 Å². The molecule has 0 N–H and O–H groups in total. The monoisotopic (exact) mass is 362 g/mol. The first-order chi connectivity index (χ1) is 11.9. The minimum absolute atomic E-state index is 0.366. The summed E-state index contributed by atoms with van der Waals surface area (Å²) < 4.78 is 22.0. The zero-order valence-electron chi connectivity index (χ0n) is 18.3. The Kier molecular flexibility index (Phi) is 21.8. The zero-order chi connectivity index (χ0) is 19.5. The molecule has 25 heavy (non-hydrogen) atoms. The molecule has 0 aromatic carbocycles. The molecule has 4 atom stereocenters. The van der Waals surface area contributed by atoms with E-state index in [1.165, 1.54) is 0 Å². The number of rotatable bonds is 15. The molecule has 4 heteroatoms. The molecule has 154 valence electrons. The molecule has 0 spiro atoms. The van der Waals surface area contributed by atoms with Crippen LogP contribution in [0.2, 0.25) is 0 Å². The Labute approximate surface area is 157 Å². The SMILES string of the molecule is CCC(C)OCCCOC(C)CC.CCC(C)OCCOC(C)CC. The molecule has 0 rings (SSSR count). The third-order valence-corrected chi connectivity index (χ3v) is 4.28. The molecule has 0 aliphatic heterocycles. The smallest absolute Gasteiger partial charge is 0.0704 e. The maximum Gasteiger partial charge on any atom is 0.0704 e. The van der Waals surface area contributed by atoms with E-state index in [0.29, 0.717) is 24.4 Å². The van der Waals surface area contributed by atoms with E-state index in [9.17, 15) is 0 Å². The van der Waals surface area contributed by atoms with Crippen LogP contribution in [0.1, 0.15) is 87.5 Å². The first-order valence-corrected chi connectivity index (χ1v) is 10.4. The quantitative estimate of drug-likeness (QED) is 0.354. The minimum atomic E-state index is 0.366. The molecule has 4 unspecified atom stereocenters. The molecule has 0 fully saturated rings. The second kappa shape index (κ2) is 20.2. The number of ether oxygens (including phenoxy) is 4. The summed E-state index contributed by atoms with van der Waals surface area (Å²) in [7, 11) is 0. The Hall–Kier alpha value is -0.160. The largest absolute Gasteiger partial charge is 0.378 e. The fraction of sp³-hybridized carbons (Fsp3) is 1.00. The van der Waals surface area contributed by atoms with Crippen LogP contribution in [-0.2, 0) is 18.9 Å². The van der Waals surface area contributed by atoms with Gasteiger partial charge in [-0.1, -0.05) is 27.7 Å². The summed E-state index contributed by atoms with van der Waals surface area (Å²) in [6.45, 7) is 20.0. The first-order valence-electron chi connectivity index (χ1n) is 10.4. The topological polar surface area (TPSA) is 36.9 Å². The molecule has 0 heterocycles. The Morgan fingerprint density at radius 2 is 0.680 bits per heavy atom. The van der Waals surface area contributed by atoms with Crippen LogP contribution in [0, 0.1) is 0 Å². The standard InChI is InChI=1S/C11H24O2.C10H22O2/c1-5-10(3)12-8-7-9-13-11(4)6-2;1-5-9(3)11-7-8-12-10(4)6-2/h10-11H,5-9H2,1-4H3;9-10H,5-8H2,1-4H3. The van der Waals surface area contributed by atoms with Crippen molar-refractivity contribution in [3.05, 3.63) is 0 Å². The van der Waals surface area contributed by atoms with Crippen LogP contribution in [0.5, 0.6) is 0 Å². The van der Waals surface area contributed by atoms with Crippen molar-refractivity contribution in [1.29, 1.82) is 0 Å². The lowest BCUT2D eigenvalue weighted by Crippen LogP contribution is -2.15.